The highest BCUT2D eigenvalue weighted by Crippen LogP contribution is 2.19. The molecular weight excluding hydrogens is 314 g/mol. The van der Waals surface area contributed by atoms with E-state index in [0.29, 0.717) is 19.4 Å². The molecule has 1 aromatic rings. The summed E-state index contributed by atoms with van der Waals surface area (Å²) in [7, 11) is 0. The third-order valence-corrected chi connectivity index (χ3v) is 4.23. The van der Waals surface area contributed by atoms with E-state index in [1.807, 2.05) is 44.2 Å². The Hall–Kier alpha value is -2.61. The van der Waals surface area contributed by atoms with Crippen LogP contribution in [0.5, 0.6) is 0 Å². The molecule has 1 fully saturated rings. The quantitative estimate of drug-likeness (QED) is 0.810. The maximum absolute atomic E-state index is 12.8. The minimum Gasteiger partial charge on any atom is -0.341 e. The molecule has 1 heterocycles. The van der Waals surface area contributed by atoms with Gasteiger partial charge in [-0.25, -0.2) is 0 Å². The van der Waals surface area contributed by atoms with E-state index in [4.69, 9.17) is 0 Å². The lowest BCUT2D eigenvalue weighted by Gasteiger charge is -2.27. The third kappa shape index (κ3) is 5.46. The molecule has 1 unspecified atom stereocenters. The van der Waals surface area contributed by atoms with E-state index in [1.165, 1.54) is 6.08 Å². The summed E-state index contributed by atoms with van der Waals surface area (Å²) in [6.45, 7) is 4.61. The Balaban J connectivity index is 2.04. The predicted octanol–water partition coefficient (Wildman–Crippen LogP) is 2.75. The molecule has 0 saturated carbocycles. The number of likely N-dealkylation sites (tertiary alicyclic amines) is 1. The van der Waals surface area contributed by atoms with Gasteiger partial charge in [0.2, 0.25) is 11.8 Å². The van der Waals surface area contributed by atoms with Gasteiger partial charge in [0.1, 0.15) is 12.1 Å². The lowest BCUT2D eigenvalue weighted by atomic mass is 10.0. The van der Waals surface area contributed by atoms with Crippen LogP contribution in [0.25, 0.3) is 6.08 Å². The molecule has 2 amide bonds. The summed E-state index contributed by atoms with van der Waals surface area (Å²) >= 11 is 0. The molecule has 2 atom stereocenters. The van der Waals surface area contributed by atoms with Crippen molar-refractivity contribution >= 4 is 17.9 Å². The largest absolute Gasteiger partial charge is 0.341 e. The zero-order valence-electron chi connectivity index (χ0n) is 14.8. The highest BCUT2D eigenvalue weighted by molar-refractivity contribution is 5.95. The predicted molar refractivity (Wildman–Crippen MR) is 97.2 cm³/mol. The molecule has 1 aliphatic heterocycles. The zero-order chi connectivity index (χ0) is 18.2. The third-order valence-electron chi connectivity index (χ3n) is 4.23. The van der Waals surface area contributed by atoms with Crippen LogP contribution in [0.2, 0.25) is 0 Å². The van der Waals surface area contributed by atoms with Gasteiger partial charge in [0.15, 0.2) is 0 Å². The maximum Gasteiger partial charge on any atom is 0.246 e. The molecule has 5 heteroatoms. The number of rotatable bonds is 6. The zero-order valence-corrected chi connectivity index (χ0v) is 14.8. The van der Waals surface area contributed by atoms with Crippen LogP contribution < -0.4 is 5.32 Å². The molecule has 1 aromatic carbocycles. The van der Waals surface area contributed by atoms with Crippen molar-refractivity contribution in [3.05, 3.63) is 42.0 Å². The van der Waals surface area contributed by atoms with Crippen LogP contribution >= 0.6 is 0 Å². The van der Waals surface area contributed by atoms with E-state index in [9.17, 15) is 14.9 Å². The fourth-order valence-electron chi connectivity index (χ4n) is 3.01. The number of nitrogens with one attached hydrogen (secondary N) is 1. The molecule has 0 aliphatic carbocycles. The number of hydrogen-bond donors (Lipinski definition) is 1. The Morgan fingerprint density at radius 3 is 2.72 bits per heavy atom. The van der Waals surface area contributed by atoms with E-state index in [2.05, 4.69) is 11.4 Å². The Morgan fingerprint density at radius 1 is 1.36 bits per heavy atom. The number of hydrogen-bond acceptors (Lipinski definition) is 3. The van der Waals surface area contributed by atoms with Gasteiger partial charge in [-0.3, -0.25) is 9.59 Å². The van der Waals surface area contributed by atoms with Gasteiger partial charge < -0.3 is 10.2 Å². The fraction of sp³-hybridized carbons (Fsp3) is 0.450. The van der Waals surface area contributed by atoms with E-state index in [-0.39, 0.29) is 23.8 Å². The lowest BCUT2D eigenvalue weighted by molar-refractivity contribution is -0.136. The molecule has 0 radical (unpaired) electrons. The topological polar surface area (TPSA) is 73.2 Å². The van der Waals surface area contributed by atoms with Crippen LogP contribution in [-0.2, 0) is 9.59 Å². The number of benzene rings is 1. The summed E-state index contributed by atoms with van der Waals surface area (Å²) in [4.78, 5) is 26.6. The second kappa shape index (κ2) is 9.03. The fourth-order valence-corrected chi connectivity index (χ4v) is 3.01. The van der Waals surface area contributed by atoms with Crippen LogP contribution in [0.4, 0.5) is 0 Å². The summed E-state index contributed by atoms with van der Waals surface area (Å²) in [5.41, 5.74) is 0.925. The molecule has 0 spiro atoms. The van der Waals surface area contributed by atoms with Gasteiger partial charge in [-0.1, -0.05) is 44.2 Å². The molecule has 0 bridgehead atoms. The van der Waals surface area contributed by atoms with E-state index < -0.39 is 6.04 Å². The van der Waals surface area contributed by atoms with Crippen LogP contribution in [0, 0.1) is 17.2 Å². The van der Waals surface area contributed by atoms with Crippen LogP contribution in [0.3, 0.4) is 0 Å². The summed E-state index contributed by atoms with van der Waals surface area (Å²) in [5, 5.41) is 12.0. The minimum absolute atomic E-state index is 0.154. The minimum atomic E-state index is -0.595. The first-order chi connectivity index (χ1) is 12.0. The van der Waals surface area contributed by atoms with Crippen molar-refractivity contribution in [2.45, 2.75) is 45.2 Å². The first-order valence-corrected chi connectivity index (χ1v) is 8.75. The second-order valence-electron chi connectivity index (χ2n) is 6.75. The number of carbonyl (C=O) groups excluding carboxylic acids is 2. The van der Waals surface area contributed by atoms with Crippen molar-refractivity contribution in [2.75, 3.05) is 6.54 Å². The number of nitriles is 1. The van der Waals surface area contributed by atoms with Gasteiger partial charge in [0.25, 0.3) is 0 Å². The second-order valence-corrected chi connectivity index (χ2v) is 6.75. The van der Waals surface area contributed by atoms with Crippen molar-refractivity contribution in [2.24, 2.45) is 5.92 Å². The van der Waals surface area contributed by atoms with Gasteiger partial charge >= 0.3 is 0 Å². The summed E-state index contributed by atoms with van der Waals surface area (Å²) in [6, 6.07) is 10.7. The van der Waals surface area contributed by atoms with Gasteiger partial charge in [-0.05, 0) is 36.8 Å². The standard InChI is InChI=1S/C20H25N3O2/c1-15(2)13-18(20(25)23-12-6-9-17(23)14-21)22-19(24)11-10-16-7-4-3-5-8-16/h3-5,7-8,10-11,15,17-18H,6,9,12-13H2,1-2H3,(H,22,24)/b11-10+/t17-,18?/m0/s1. The average Bonchev–Trinajstić information content (AvgIpc) is 3.08. The molecule has 2 rings (SSSR count). The van der Waals surface area contributed by atoms with Gasteiger partial charge in [0, 0.05) is 12.6 Å². The van der Waals surface area contributed by atoms with Crippen LogP contribution in [-0.4, -0.2) is 35.3 Å². The van der Waals surface area contributed by atoms with E-state index in [1.54, 1.807) is 11.0 Å². The van der Waals surface area contributed by atoms with Crippen molar-refractivity contribution in [1.29, 1.82) is 5.26 Å². The van der Waals surface area contributed by atoms with Gasteiger partial charge in [-0.15, -0.1) is 0 Å². The summed E-state index contributed by atoms with van der Waals surface area (Å²) in [6.07, 6.45) is 5.26. The first kappa shape index (κ1) is 18.7. The molecule has 0 aromatic heterocycles. The molecule has 5 nitrogen and oxygen atoms in total. The molecule has 132 valence electrons. The van der Waals surface area contributed by atoms with Gasteiger partial charge in [0.05, 0.1) is 6.07 Å². The van der Waals surface area contributed by atoms with Crippen molar-refractivity contribution in [3.63, 3.8) is 0 Å². The Labute approximate surface area is 149 Å². The van der Waals surface area contributed by atoms with Crippen molar-refractivity contribution in [1.82, 2.24) is 10.2 Å². The average molecular weight is 339 g/mol. The van der Waals surface area contributed by atoms with Gasteiger partial charge in [-0.2, -0.15) is 5.26 Å². The summed E-state index contributed by atoms with van der Waals surface area (Å²) in [5.74, 6) is -0.190. The van der Waals surface area contributed by atoms with Crippen molar-refractivity contribution < 1.29 is 9.59 Å². The highest BCUT2D eigenvalue weighted by Gasteiger charge is 2.33. The van der Waals surface area contributed by atoms with E-state index >= 15 is 0 Å². The Bertz CT molecular complexity index is 661. The lowest BCUT2D eigenvalue weighted by Crippen LogP contribution is -2.50. The number of nitrogens with zero attached hydrogens (tertiary/aromatic N) is 2. The Morgan fingerprint density at radius 2 is 2.08 bits per heavy atom. The highest BCUT2D eigenvalue weighted by atomic mass is 16.2. The smallest absolute Gasteiger partial charge is 0.246 e. The van der Waals surface area contributed by atoms with Crippen LogP contribution in [0.1, 0.15) is 38.7 Å². The van der Waals surface area contributed by atoms with E-state index in [0.717, 1.165) is 12.0 Å². The van der Waals surface area contributed by atoms with Crippen molar-refractivity contribution in [3.8, 4) is 6.07 Å². The number of amides is 2. The molecule has 25 heavy (non-hydrogen) atoms. The summed E-state index contributed by atoms with van der Waals surface area (Å²) < 4.78 is 0. The normalized spacial score (nSPS) is 18.3. The first-order valence-electron chi connectivity index (χ1n) is 8.75. The monoisotopic (exact) mass is 339 g/mol. The molecular formula is C20H25N3O2. The van der Waals surface area contributed by atoms with Crippen LogP contribution in [0.15, 0.2) is 36.4 Å². The molecule has 1 N–H and O–H groups in total. The Kier molecular flexibility index (Phi) is 6.76. The molecule has 1 aliphatic rings. The SMILES string of the molecule is CC(C)CC(NC(=O)/C=C/c1ccccc1)C(=O)N1CCC[C@H]1C#N. The molecule has 1 saturated heterocycles. The maximum atomic E-state index is 12.8. The number of carbonyl (C=O) groups is 2.